The number of hydrogen-bond donors (Lipinski definition) is 0. The molecule has 2 aromatic carbocycles. The average Bonchev–Trinajstić information content (AvgIpc) is 2.84. The molecule has 0 aliphatic heterocycles. The van der Waals surface area contributed by atoms with Gasteiger partial charge >= 0.3 is 0 Å². The molecule has 2 nitrogen and oxygen atoms in total. The average molecular weight is 310 g/mol. The number of benzene rings is 2. The van der Waals surface area contributed by atoms with Gasteiger partial charge in [0.2, 0.25) is 0 Å². The molecule has 1 heterocycles. The molecule has 0 atom stereocenters. The van der Waals surface area contributed by atoms with Crippen molar-refractivity contribution < 1.29 is 0 Å². The third kappa shape index (κ3) is 1.85. The van der Waals surface area contributed by atoms with E-state index in [0.29, 0.717) is 0 Å². The number of nitriles is 1. The number of nitrogens with zero attached hydrogens (tertiary/aromatic N) is 2. The molecular weight excluding hydrogens is 292 g/mol. The van der Waals surface area contributed by atoms with E-state index in [1.165, 1.54) is 16.7 Å². The van der Waals surface area contributed by atoms with Gasteiger partial charge in [-0.1, -0.05) is 50.2 Å². The summed E-state index contributed by atoms with van der Waals surface area (Å²) in [4.78, 5) is 4.55. The van der Waals surface area contributed by atoms with Crippen LogP contribution in [0.15, 0.2) is 54.7 Å². The number of hydrogen-bond acceptors (Lipinski definition) is 2. The van der Waals surface area contributed by atoms with Crippen molar-refractivity contribution in [1.82, 2.24) is 4.98 Å². The van der Waals surface area contributed by atoms with Gasteiger partial charge in [0.25, 0.3) is 0 Å². The van der Waals surface area contributed by atoms with E-state index in [4.69, 9.17) is 0 Å². The number of pyridine rings is 1. The summed E-state index contributed by atoms with van der Waals surface area (Å²) >= 11 is 0. The lowest BCUT2D eigenvalue weighted by Crippen LogP contribution is -2.18. The fourth-order valence-corrected chi connectivity index (χ4v) is 4.04. The second-order valence-corrected chi connectivity index (χ2v) is 6.86. The smallest absolute Gasteiger partial charge is 0.0997 e. The number of aromatic nitrogens is 1. The predicted molar refractivity (Wildman–Crippen MR) is 96.7 cm³/mol. The van der Waals surface area contributed by atoms with Crippen LogP contribution < -0.4 is 0 Å². The van der Waals surface area contributed by atoms with Gasteiger partial charge < -0.3 is 0 Å². The highest BCUT2D eigenvalue weighted by molar-refractivity contribution is 5.89. The molecule has 0 radical (unpaired) electrons. The first-order valence-electron chi connectivity index (χ1n) is 8.15. The molecule has 24 heavy (non-hydrogen) atoms. The van der Waals surface area contributed by atoms with E-state index < -0.39 is 0 Å². The van der Waals surface area contributed by atoms with Crippen LogP contribution in [0.3, 0.4) is 0 Å². The van der Waals surface area contributed by atoms with Crippen LogP contribution >= 0.6 is 0 Å². The molecule has 2 heteroatoms. The summed E-state index contributed by atoms with van der Waals surface area (Å²) < 4.78 is 0. The van der Waals surface area contributed by atoms with E-state index in [-0.39, 0.29) is 5.41 Å². The first-order valence-corrected chi connectivity index (χ1v) is 8.15. The van der Waals surface area contributed by atoms with Gasteiger partial charge in [0, 0.05) is 17.2 Å². The Morgan fingerprint density at radius 2 is 1.62 bits per heavy atom. The summed E-state index contributed by atoms with van der Waals surface area (Å²) in [5, 5.41) is 9.72. The SMILES string of the molecule is Cc1ccc2c(c1C#N)C(C)(C)c1c(-c3ccccn3)cccc1-2. The molecule has 1 aliphatic carbocycles. The van der Waals surface area contributed by atoms with Crippen LogP contribution in [-0.4, -0.2) is 4.98 Å². The maximum atomic E-state index is 9.72. The summed E-state index contributed by atoms with van der Waals surface area (Å²) in [6.07, 6.45) is 1.83. The van der Waals surface area contributed by atoms with Gasteiger partial charge in [-0.2, -0.15) is 5.26 Å². The summed E-state index contributed by atoms with van der Waals surface area (Å²) in [5.74, 6) is 0. The van der Waals surface area contributed by atoms with E-state index in [1.807, 2.05) is 31.3 Å². The zero-order valence-corrected chi connectivity index (χ0v) is 14.1. The van der Waals surface area contributed by atoms with Gasteiger partial charge in [0.05, 0.1) is 17.3 Å². The first-order chi connectivity index (χ1) is 11.6. The Balaban J connectivity index is 2.09. The predicted octanol–water partition coefficient (Wildman–Crippen LogP) is 5.24. The van der Waals surface area contributed by atoms with Gasteiger partial charge in [0.15, 0.2) is 0 Å². The van der Waals surface area contributed by atoms with Crippen molar-refractivity contribution in [3.05, 3.63) is 77.0 Å². The lowest BCUT2D eigenvalue weighted by Gasteiger charge is -2.25. The third-order valence-electron chi connectivity index (χ3n) is 5.07. The van der Waals surface area contributed by atoms with Crippen LogP contribution in [0, 0.1) is 18.3 Å². The maximum Gasteiger partial charge on any atom is 0.0997 e. The van der Waals surface area contributed by atoms with E-state index >= 15 is 0 Å². The van der Waals surface area contributed by atoms with E-state index in [1.54, 1.807) is 0 Å². The van der Waals surface area contributed by atoms with E-state index in [9.17, 15) is 5.26 Å². The van der Waals surface area contributed by atoms with Crippen LogP contribution in [0.5, 0.6) is 0 Å². The summed E-state index contributed by atoms with van der Waals surface area (Å²) in [6.45, 7) is 6.44. The normalized spacial score (nSPS) is 13.9. The van der Waals surface area contributed by atoms with Crippen LogP contribution in [0.4, 0.5) is 0 Å². The Morgan fingerprint density at radius 3 is 2.33 bits per heavy atom. The molecule has 3 aromatic rings. The Bertz CT molecular complexity index is 992. The van der Waals surface area contributed by atoms with Crippen molar-refractivity contribution in [3.63, 3.8) is 0 Å². The van der Waals surface area contributed by atoms with Gasteiger partial charge in [0.1, 0.15) is 0 Å². The standard InChI is InChI=1S/C22H18N2/c1-14-10-11-16-15-7-6-8-17(19-9-4-5-12-24-19)20(15)22(2,3)21(16)18(14)13-23/h4-12H,1-3H3. The van der Waals surface area contributed by atoms with Crippen LogP contribution in [-0.2, 0) is 5.41 Å². The second-order valence-electron chi connectivity index (χ2n) is 6.86. The minimum absolute atomic E-state index is 0.226. The zero-order valence-electron chi connectivity index (χ0n) is 14.1. The van der Waals surface area contributed by atoms with Crippen LogP contribution in [0.2, 0.25) is 0 Å². The van der Waals surface area contributed by atoms with Crippen molar-refractivity contribution >= 4 is 0 Å². The quantitative estimate of drug-likeness (QED) is 0.616. The molecule has 0 saturated heterocycles. The number of fused-ring (bicyclic) bond motifs is 3. The molecule has 0 amide bonds. The van der Waals surface area contributed by atoms with Crippen LogP contribution in [0.25, 0.3) is 22.4 Å². The highest BCUT2D eigenvalue weighted by atomic mass is 14.7. The summed E-state index contributed by atoms with van der Waals surface area (Å²) in [7, 11) is 0. The number of aryl methyl sites for hydroxylation is 1. The lowest BCUT2D eigenvalue weighted by molar-refractivity contribution is 0.659. The molecule has 0 unspecified atom stereocenters. The highest BCUT2D eigenvalue weighted by Crippen LogP contribution is 2.53. The van der Waals surface area contributed by atoms with Crippen molar-refractivity contribution in [1.29, 1.82) is 5.26 Å². The van der Waals surface area contributed by atoms with Crippen molar-refractivity contribution in [3.8, 4) is 28.5 Å². The fourth-order valence-electron chi connectivity index (χ4n) is 4.04. The Labute approximate surface area is 142 Å². The Hall–Kier alpha value is -2.92. The molecule has 0 saturated carbocycles. The summed E-state index contributed by atoms with van der Waals surface area (Å²) in [6, 6.07) is 19.0. The van der Waals surface area contributed by atoms with Crippen LogP contribution in [0.1, 0.15) is 36.1 Å². The minimum atomic E-state index is -0.226. The molecule has 0 bridgehead atoms. The highest BCUT2D eigenvalue weighted by Gasteiger charge is 2.40. The lowest BCUT2D eigenvalue weighted by atomic mass is 9.77. The maximum absolute atomic E-state index is 9.72. The third-order valence-corrected chi connectivity index (χ3v) is 5.07. The fraction of sp³-hybridized carbons (Fsp3) is 0.182. The molecule has 0 spiro atoms. The molecule has 1 aromatic heterocycles. The monoisotopic (exact) mass is 310 g/mol. The van der Waals surface area contributed by atoms with E-state index in [0.717, 1.165) is 27.9 Å². The molecule has 4 rings (SSSR count). The van der Waals surface area contributed by atoms with Crippen molar-refractivity contribution in [2.75, 3.05) is 0 Å². The summed E-state index contributed by atoms with van der Waals surface area (Å²) in [5.41, 5.74) is 8.54. The van der Waals surface area contributed by atoms with Crippen molar-refractivity contribution in [2.45, 2.75) is 26.2 Å². The zero-order chi connectivity index (χ0) is 16.9. The largest absolute Gasteiger partial charge is 0.256 e. The number of rotatable bonds is 1. The Morgan fingerprint density at radius 1 is 0.875 bits per heavy atom. The Kier molecular flexibility index (Phi) is 3.08. The molecule has 0 N–H and O–H groups in total. The minimum Gasteiger partial charge on any atom is -0.256 e. The topological polar surface area (TPSA) is 36.7 Å². The van der Waals surface area contributed by atoms with Gasteiger partial charge in [-0.3, -0.25) is 4.98 Å². The molecular formula is C22H18N2. The van der Waals surface area contributed by atoms with E-state index in [2.05, 4.69) is 55.2 Å². The van der Waals surface area contributed by atoms with Gasteiger partial charge in [-0.25, -0.2) is 0 Å². The first kappa shape index (κ1) is 14.7. The molecule has 0 fully saturated rings. The van der Waals surface area contributed by atoms with Gasteiger partial charge in [-0.05, 0) is 46.9 Å². The van der Waals surface area contributed by atoms with Crippen molar-refractivity contribution in [2.24, 2.45) is 0 Å². The molecule has 116 valence electrons. The van der Waals surface area contributed by atoms with Gasteiger partial charge in [-0.15, -0.1) is 0 Å². The molecule has 1 aliphatic rings. The second kappa shape index (κ2) is 5.04.